The molecule has 3 aromatic rings. The van der Waals surface area contributed by atoms with Crippen molar-refractivity contribution < 1.29 is 14.3 Å². The lowest BCUT2D eigenvalue weighted by Gasteiger charge is -2.36. The van der Waals surface area contributed by atoms with Crippen molar-refractivity contribution in [1.82, 2.24) is 9.80 Å². The number of hydrogen-bond acceptors (Lipinski definition) is 6. The number of methoxy groups -OCH3 is 1. The summed E-state index contributed by atoms with van der Waals surface area (Å²) < 4.78 is 5.25. The first-order valence-corrected chi connectivity index (χ1v) is 13.2. The summed E-state index contributed by atoms with van der Waals surface area (Å²) in [6, 6.07) is 12.1. The van der Waals surface area contributed by atoms with Crippen LogP contribution < -0.4 is 5.32 Å². The maximum atomic E-state index is 13.6. The van der Waals surface area contributed by atoms with E-state index in [0.717, 1.165) is 23.2 Å². The molecule has 6 nitrogen and oxygen atoms in total. The van der Waals surface area contributed by atoms with Crippen molar-refractivity contribution in [3.63, 3.8) is 0 Å². The third-order valence-corrected chi connectivity index (χ3v) is 8.24. The third-order valence-electron chi connectivity index (χ3n) is 6.32. The molecule has 34 heavy (non-hydrogen) atoms. The van der Waals surface area contributed by atoms with Crippen LogP contribution in [0, 0.1) is 13.8 Å². The molecule has 0 radical (unpaired) electrons. The molecule has 1 N–H and O–H groups in total. The summed E-state index contributed by atoms with van der Waals surface area (Å²) in [5.74, 6) is -0.0999. The van der Waals surface area contributed by atoms with Crippen molar-refractivity contribution in [2.75, 3.05) is 45.2 Å². The molecule has 1 aliphatic rings. The Bertz CT molecular complexity index is 1130. The monoisotopic (exact) mass is 497 g/mol. The lowest BCUT2D eigenvalue weighted by atomic mass is 9.98. The fourth-order valence-corrected chi connectivity index (χ4v) is 6.09. The predicted molar refractivity (Wildman–Crippen MR) is 139 cm³/mol. The molecule has 1 unspecified atom stereocenters. The van der Waals surface area contributed by atoms with Crippen LogP contribution in [-0.4, -0.2) is 61.5 Å². The second-order valence-corrected chi connectivity index (χ2v) is 10.5. The van der Waals surface area contributed by atoms with Crippen molar-refractivity contribution in [3.05, 3.63) is 73.6 Å². The van der Waals surface area contributed by atoms with Gasteiger partial charge in [0, 0.05) is 35.6 Å². The molecule has 1 atom stereocenters. The average Bonchev–Trinajstić information content (AvgIpc) is 3.52. The fourth-order valence-electron chi connectivity index (χ4n) is 4.33. The minimum atomic E-state index is -0.133. The van der Waals surface area contributed by atoms with E-state index in [4.69, 9.17) is 4.74 Å². The van der Waals surface area contributed by atoms with Gasteiger partial charge in [0.05, 0.1) is 25.7 Å². The molecule has 0 saturated heterocycles. The SMILES string of the molecule is COCCN(CC(=O)Nc1cccc(C)c1C)CC(=O)N1CCc2sccc2C1c1cccs1. The zero-order valence-electron chi connectivity index (χ0n) is 19.9. The largest absolute Gasteiger partial charge is 0.383 e. The standard InChI is InChI=1S/C26H31N3O3S2/c1-18-6-4-7-21(19(18)2)27-24(30)16-28(12-13-32-3)17-25(31)29-11-9-22-20(10-15-34-22)26(29)23-8-5-14-33-23/h4-8,10,14-15,26H,9,11-13,16-17H2,1-3H3,(H,27,30). The predicted octanol–water partition coefficient (Wildman–Crippen LogP) is 4.49. The van der Waals surface area contributed by atoms with Crippen LogP contribution >= 0.6 is 22.7 Å². The molecule has 4 rings (SSSR count). The zero-order valence-corrected chi connectivity index (χ0v) is 21.5. The van der Waals surface area contributed by atoms with Gasteiger partial charge in [0.2, 0.25) is 11.8 Å². The van der Waals surface area contributed by atoms with Crippen molar-refractivity contribution in [1.29, 1.82) is 0 Å². The number of amides is 2. The second-order valence-electron chi connectivity index (χ2n) is 8.55. The number of fused-ring (bicyclic) bond motifs is 1. The topological polar surface area (TPSA) is 61.9 Å². The highest BCUT2D eigenvalue weighted by Crippen LogP contribution is 2.39. The Kier molecular flexibility index (Phi) is 8.15. The molecule has 2 aromatic heterocycles. The van der Waals surface area contributed by atoms with Gasteiger partial charge in [-0.3, -0.25) is 14.5 Å². The maximum absolute atomic E-state index is 13.6. The van der Waals surface area contributed by atoms with Crippen LogP contribution in [0.2, 0.25) is 0 Å². The summed E-state index contributed by atoms with van der Waals surface area (Å²) >= 11 is 3.44. The van der Waals surface area contributed by atoms with Crippen LogP contribution in [0.1, 0.15) is 32.5 Å². The molecular weight excluding hydrogens is 466 g/mol. The van der Waals surface area contributed by atoms with Crippen LogP contribution in [0.25, 0.3) is 0 Å². The molecule has 180 valence electrons. The van der Waals surface area contributed by atoms with E-state index in [9.17, 15) is 9.59 Å². The lowest BCUT2D eigenvalue weighted by molar-refractivity contribution is -0.135. The Balaban J connectivity index is 1.47. The van der Waals surface area contributed by atoms with Gasteiger partial charge in [-0.2, -0.15) is 0 Å². The highest BCUT2D eigenvalue weighted by molar-refractivity contribution is 7.10. The van der Waals surface area contributed by atoms with Crippen LogP contribution in [0.15, 0.2) is 47.2 Å². The van der Waals surface area contributed by atoms with E-state index in [1.54, 1.807) is 29.8 Å². The number of rotatable bonds is 9. The van der Waals surface area contributed by atoms with E-state index in [1.165, 1.54) is 15.3 Å². The highest BCUT2D eigenvalue weighted by atomic mass is 32.1. The van der Waals surface area contributed by atoms with E-state index in [0.29, 0.717) is 19.7 Å². The summed E-state index contributed by atoms with van der Waals surface area (Å²) in [5.41, 5.74) is 4.21. The highest BCUT2D eigenvalue weighted by Gasteiger charge is 2.34. The molecule has 8 heteroatoms. The van der Waals surface area contributed by atoms with E-state index in [2.05, 4.69) is 28.2 Å². The summed E-state index contributed by atoms with van der Waals surface area (Å²) in [5, 5.41) is 7.18. The fraction of sp³-hybridized carbons (Fsp3) is 0.385. The number of thiophene rings is 2. The average molecular weight is 498 g/mol. The first-order valence-electron chi connectivity index (χ1n) is 11.4. The van der Waals surface area contributed by atoms with Gasteiger partial charge in [-0.15, -0.1) is 22.7 Å². The first-order chi connectivity index (χ1) is 16.5. The smallest absolute Gasteiger partial charge is 0.238 e. The summed E-state index contributed by atoms with van der Waals surface area (Å²) in [7, 11) is 1.63. The number of anilines is 1. The van der Waals surface area contributed by atoms with Gasteiger partial charge in [-0.25, -0.2) is 0 Å². The van der Waals surface area contributed by atoms with Gasteiger partial charge < -0.3 is 15.0 Å². The van der Waals surface area contributed by atoms with Gasteiger partial charge in [0.1, 0.15) is 0 Å². The van der Waals surface area contributed by atoms with Crippen LogP contribution in [0.3, 0.4) is 0 Å². The number of carbonyl (C=O) groups is 2. The zero-order chi connectivity index (χ0) is 24.1. The first kappa shape index (κ1) is 24.6. The normalized spacial score (nSPS) is 15.4. The Morgan fingerprint density at radius 1 is 1.12 bits per heavy atom. The summed E-state index contributed by atoms with van der Waals surface area (Å²) in [6.45, 7) is 5.96. The molecule has 1 aromatic carbocycles. The molecule has 0 bridgehead atoms. The van der Waals surface area contributed by atoms with Crippen molar-refractivity contribution in [2.45, 2.75) is 26.3 Å². The molecule has 0 fully saturated rings. The van der Waals surface area contributed by atoms with Gasteiger partial charge in [-0.05, 0) is 65.9 Å². The Morgan fingerprint density at radius 2 is 1.97 bits per heavy atom. The molecule has 0 aliphatic carbocycles. The summed E-state index contributed by atoms with van der Waals surface area (Å²) in [4.78, 5) is 32.8. The van der Waals surface area contributed by atoms with Crippen LogP contribution in [-0.2, 0) is 20.7 Å². The second kappa shape index (κ2) is 11.3. The van der Waals surface area contributed by atoms with Crippen molar-refractivity contribution in [2.24, 2.45) is 0 Å². The van der Waals surface area contributed by atoms with Gasteiger partial charge in [-0.1, -0.05) is 18.2 Å². The number of hydrogen-bond donors (Lipinski definition) is 1. The van der Waals surface area contributed by atoms with E-state index in [1.807, 2.05) is 47.9 Å². The number of carbonyl (C=O) groups excluding carboxylic acids is 2. The molecule has 1 aliphatic heterocycles. The van der Waals surface area contributed by atoms with E-state index < -0.39 is 0 Å². The maximum Gasteiger partial charge on any atom is 0.238 e. The molecular formula is C26H31N3O3S2. The van der Waals surface area contributed by atoms with E-state index in [-0.39, 0.29) is 30.9 Å². The van der Waals surface area contributed by atoms with Crippen molar-refractivity contribution >= 4 is 40.2 Å². The lowest BCUT2D eigenvalue weighted by Crippen LogP contribution is -2.47. The molecule has 3 heterocycles. The summed E-state index contributed by atoms with van der Waals surface area (Å²) in [6.07, 6.45) is 0.867. The Labute approximate surface area is 209 Å². The quantitative estimate of drug-likeness (QED) is 0.473. The molecule has 0 spiro atoms. The molecule has 2 amide bonds. The van der Waals surface area contributed by atoms with Crippen molar-refractivity contribution in [3.8, 4) is 0 Å². The number of nitrogens with zero attached hydrogens (tertiary/aromatic N) is 2. The van der Waals surface area contributed by atoms with Crippen LogP contribution in [0.4, 0.5) is 5.69 Å². The Morgan fingerprint density at radius 3 is 2.74 bits per heavy atom. The molecule has 0 saturated carbocycles. The van der Waals surface area contributed by atoms with E-state index >= 15 is 0 Å². The number of aryl methyl sites for hydroxylation is 1. The van der Waals surface area contributed by atoms with Gasteiger partial charge >= 0.3 is 0 Å². The number of ether oxygens (including phenoxy) is 1. The number of nitrogens with one attached hydrogen (secondary N) is 1. The van der Waals surface area contributed by atoms with Crippen LogP contribution in [0.5, 0.6) is 0 Å². The van der Waals surface area contributed by atoms with Gasteiger partial charge in [0.25, 0.3) is 0 Å². The number of benzene rings is 1. The Hall–Kier alpha value is -2.52. The van der Waals surface area contributed by atoms with Gasteiger partial charge in [0.15, 0.2) is 0 Å². The minimum Gasteiger partial charge on any atom is -0.383 e. The third kappa shape index (κ3) is 5.58. The minimum absolute atomic E-state index is 0.0332.